The second kappa shape index (κ2) is 11.3. The Hall–Kier alpha value is -3.09. The number of hydrogen-bond donors (Lipinski definition) is 0. The van der Waals surface area contributed by atoms with Gasteiger partial charge in [-0.05, 0) is 81.4 Å². The maximum absolute atomic E-state index is 12.9. The molecule has 184 valence electrons. The molecule has 0 spiro atoms. The number of halogens is 2. The first-order valence-corrected chi connectivity index (χ1v) is 12.8. The molecule has 0 saturated carbocycles. The molecule has 0 N–H and O–H groups in total. The fourth-order valence-corrected chi connectivity index (χ4v) is 4.91. The average Bonchev–Trinajstić information content (AvgIpc) is 3.11. The van der Waals surface area contributed by atoms with Gasteiger partial charge in [0.25, 0.3) is 16.8 Å². The van der Waals surface area contributed by atoms with E-state index >= 15 is 0 Å². The van der Waals surface area contributed by atoms with E-state index in [2.05, 4.69) is 22.6 Å². The smallest absolute Gasteiger partial charge is 0.293 e. The van der Waals surface area contributed by atoms with E-state index in [1.807, 2.05) is 24.3 Å². The molecule has 3 aromatic carbocycles. The van der Waals surface area contributed by atoms with Gasteiger partial charge in [0.05, 0.1) is 28.5 Å². The minimum absolute atomic E-state index is 0.0362. The van der Waals surface area contributed by atoms with Crippen molar-refractivity contribution in [2.24, 2.45) is 0 Å². The van der Waals surface area contributed by atoms with Crippen LogP contribution in [0.3, 0.4) is 0 Å². The standard InChI is InChI=1S/C25H18ClIN2O6S/c1-34-21-11-17(10-20(26)23(21)35-14-16-3-2-4-19(9-16)29(32)33)12-22-24(30)28(25(31)36-22)13-15-5-7-18(27)8-6-15/h2-12H,13-14H2,1H3/b22-12-. The van der Waals surface area contributed by atoms with Crippen LogP contribution >= 0.6 is 46.0 Å². The molecule has 36 heavy (non-hydrogen) atoms. The van der Waals surface area contributed by atoms with Crippen LogP contribution in [0, 0.1) is 13.7 Å². The van der Waals surface area contributed by atoms with Crippen LogP contribution in [-0.4, -0.2) is 28.1 Å². The first-order valence-electron chi connectivity index (χ1n) is 10.5. The quantitative estimate of drug-likeness (QED) is 0.118. The summed E-state index contributed by atoms with van der Waals surface area (Å²) in [5, 5.41) is 10.9. The summed E-state index contributed by atoms with van der Waals surface area (Å²) in [5.74, 6) is 0.191. The molecule has 1 aliphatic rings. The molecule has 1 saturated heterocycles. The maximum atomic E-state index is 12.9. The number of nitrogens with zero attached hydrogens (tertiary/aromatic N) is 2. The monoisotopic (exact) mass is 636 g/mol. The van der Waals surface area contributed by atoms with Gasteiger partial charge < -0.3 is 9.47 Å². The Morgan fingerprint density at radius 3 is 2.56 bits per heavy atom. The summed E-state index contributed by atoms with van der Waals surface area (Å²) in [6, 6.07) is 16.9. The Bertz CT molecular complexity index is 1380. The minimum atomic E-state index is -0.478. The second-order valence-electron chi connectivity index (χ2n) is 7.64. The van der Waals surface area contributed by atoms with E-state index in [1.165, 1.54) is 24.1 Å². The summed E-state index contributed by atoms with van der Waals surface area (Å²) in [6.07, 6.45) is 1.58. The molecule has 0 aliphatic carbocycles. The van der Waals surface area contributed by atoms with Gasteiger partial charge in [-0.2, -0.15) is 0 Å². The van der Waals surface area contributed by atoms with Crippen molar-refractivity contribution in [3.63, 3.8) is 0 Å². The van der Waals surface area contributed by atoms with E-state index < -0.39 is 4.92 Å². The van der Waals surface area contributed by atoms with Crippen molar-refractivity contribution >= 4 is 68.9 Å². The van der Waals surface area contributed by atoms with E-state index in [1.54, 1.807) is 30.3 Å². The van der Waals surface area contributed by atoms with Gasteiger partial charge in [0.2, 0.25) is 0 Å². The molecule has 3 aromatic rings. The topological polar surface area (TPSA) is 99.0 Å². The maximum Gasteiger partial charge on any atom is 0.293 e. The van der Waals surface area contributed by atoms with Crippen molar-refractivity contribution in [3.05, 3.63) is 101 Å². The zero-order valence-corrected chi connectivity index (χ0v) is 22.5. The fourth-order valence-electron chi connectivity index (χ4n) is 3.44. The van der Waals surface area contributed by atoms with Crippen molar-refractivity contribution in [1.82, 2.24) is 4.90 Å². The van der Waals surface area contributed by atoms with Crippen LogP contribution in [0.4, 0.5) is 10.5 Å². The number of carbonyl (C=O) groups is 2. The number of rotatable bonds is 8. The Morgan fingerprint density at radius 2 is 1.86 bits per heavy atom. The van der Waals surface area contributed by atoms with E-state index in [9.17, 15) is 19.7 Å². The predicted molar refractivity (Wildman–Crippen MR) is 146 cm³/mol. The molecule has 2 amide bonds. The lowest BCUT2D eigenvalue weighted by Gasteiger charge is -2.14. The molecule has 4 rings (SSSR count). The van der Waals surface area contributed by atoms with Gasteiger partial charge >= 0.3 is 0 Å². The molecule has 0 unspecified atom stereocenters. The van der Waals surface area contributed by atoms with E-state index in [-0.39, 0.29) is 45.7 Å². The highest BCUT2D eigenvalue weighted by Gasteiger charge is 2.35. The fraction of sp³-hybridized carbons (Fsp3) is 0.120. The van der Waals surface area contributed by atoms with Crippen molar-refractivity contribution in [3.8, 4) is 11.5 Å². The molecule has 0 bridgehead atoms. The number of non-ortho nitro benzene ring substituents is 1. The number of ether oxygens (including phenoxy) is 2. The lowest BCUT2D eigenvalue weighted by molar-refractivity contribution is -0.384. The van der Waals surface area contributed by atoms with Crippen molar-refractivity contribution in [1.29, 1.82) is 0 Å². The Balaban J connectivity index is 1.52. The summed E-state index contributed by atoms with van der Waals surface area (Å²) in [7, 11) is 1.45. The summed E-state index contributed by atoms with van der Waals surface area (Å²) in [5.41, 5.74) is 1.96. The molecule has 0 aromatic heterocycles. The summed E-state index contributed by atoms with van der Waals surface area (Å²) in [6.45, 7) is 0.224. The van der Waals surface area contributed by atoms with Crippen LogP contribution in [0.2, 0.25) is 5.02 Å². The summed E-state index contributed by atoms with van der Waals surface area (Å²) < 4.78 is 12.3. The predicted octanol–water partition coefficient (Wildman–Crippen LogP) is 6.68. The van der Waals surface area contributed by atoms with Crippen LogP contribution < -0.4 is 9.47 Å². The van der Waals surface area contributed by atoms with Gasteiger partial charge in [-0.25, -0.2) is 0 Å². The first kappa shape index (κ1) is 26.0. The van der Waals surface area contributed by atoms with E-state index in [0.717, 1.165) is 20.9 Å². The largest absolute Gasteiger partial charge is 0.493 e. The molecule has 1 heterocycles. The van der Waals surface area contributed by atoms with Gasteiger partial charge in [0.15, 0.2) is 11.5 Å². The number of hydrogen-bond acceptors (Lipinski definition) is 7. The van der Waals surface area contributed by atoms with Gasteiger partial charge in [-0.1, -0.05) is 35.9 Å². The zero-order chi connectivity index (χ0) is 25.8. The molecule has 0 atom stereocenters. The molecule has 1 aliphatic heterocycles. The molecular formula is C25H18ClIN2O6S. The van der Waals surface area contributed by atoms with Crippen LogP contribution in [0.25, 0.3) is 6.08 Å². The third-order valence-electron chi connectivity index (χ3n) is 5.18. The zero-order valence-electron chi connectivity index (χ0n) is 18.8. The number of methoxy groups -OCH3 is 1. The molecule has 1 fully saturated rings. The summed E-state index contributed by atoms with van der Waals surface area (Å²) >= 11 is 9.50. The Morgan fingerprint density at radius 1 is 1.11 bits per heavy atom. The number of amides is 2. The first-order chi connectivity index (χ1) is 17.2. The van der Waals surface area contributed by atoms with Crippen LogP contribution in [0.5, 0.6) is 11.5 Å². The van der Waals surface area contributed by atoms with E-state index in [4.69, 9.17) is 21.1 Å². The van der Waals surface area contributed by atoms with Crippen molar-refractivity contribution in [2.45, 2.75) is 13.2 Å². The third kappa shape index (κ3) is 6.00. The third-order valence-corrected chi connectivity index (χ3v) is 7.09. The molecule has 11 heteroatoms. The molecular weight excluding hydrogens is 619 g/mol. The van der Waals surface area contributed by atoms with Crippen molar-refractivity contribution < 1.29 is 24.0 Å². The SMILES string of the molecule is COc1cc(/C=C2\SC(=O)N(Cc3ccc(I)cc3)C2=O)cc(Cl)c1OCc1cccc([N+](=O)[O-])c1. The van der Waals surface area contributed by atoms with Crippen molar-refractivity contribution in [2.75, 3.05) is 7.11 Å². The summed E-state index contributed by atoms with van der Waals surface area (Å²) in [4.78, 5) is 37.4. The Kier molecular flexibility index (Phi) is 8.17. The number of carbonyl (C=O) groups excluding carboxylic acids is 2. The van der Waals surface area contributed by atoms with Crippen LogP contribution in [0.1, 0.15) is 16.7 Å². The number of benzene rings is 3. The van der Waals surface area contributed by atoms with Crippen LogP contribution in [0.15, 0.2) is 65.6 Å². The molecule has 8 nitrogen and oxygen atoms in total. The van der Waals surface area contributed by atoms with Crippen LogP contribution in [-0.2, 0) is 17.9 Å². The second-order valence-corrected chi connectivity index (χ2v) is 10.3. The van der Waals surface area contributed by atoms with Gasteiger partial charge in [-0.15, -0.1) is 0 Å². The van der Waals surface area contributed by atoms with Gasteiger partial charge in [0.1, 0.15) is 6.61 Å². The normalized spacial score (nSPS) is 14.4. The molecule has 0 radical (unpaired) electrons. The van der Waals surface area contributed by atoms with E-state index in [0.29, 0.717) is 16.9 Å². The lowest BCUT2D eigenvalue weighted by atomic mass is 10.1. The Labute approximate surface area is 229 Å². The lowest BCUT2D eigenvalue weighted by Crippen LogP contribution is -2.27. The number of imide groups is 1. The number of nitro groups is 1. The number of thioether (sulfide) groups is 1. The highest BCUT2D eigenvalue weighted by atomic mass is 127. The van der Waals surface area contributed by atoms with Gasteiger partial charge in [0, 0.05) is 15.7 Å². The minimum Gasteiger partial charge on any atom is -0.493 e. The highest BCUT2D eigenvalue weighted by molar-refractivity contribution is 14.1. The highest BCUT2D eigenvalue weighted by Crippen LogP contribution is 2.39. The number of nitro benzene ring substituents is 1. The average molecular weight is 637 g/mol. The van der Waals surface area contributed by atoms with Gasteiger partial charge in [-0.3, -0.25) is 24.6 Å².